The lowest BCUT2D eigenvalue weighted by Gasteiger charge is -2.01. The summed E-state index contributed by atoms with van der Waals surface area (Å²) in [4.78, 5) is 11.3. The van der Waals surface area contributed by atoms with Gasteiger partial charge in [-0.1, -0.05) is 0 Å². The number of hydrogen-bond acceptors (Lipinski definition) is 6. The van der Waals surface area contributed by atoms with Gasteiger partial charge in [0.2, 0.25) is 0 Å². The van der Waals surface area contributed by atoms with Crippen molar-refractivity contribution >= 4 is 22.3 Å². The Balaban J connectivity index is 2.88. The highest BCUT2D eigenvalue weighted by molar-refractivity contribution is 7.14. The number of carbonyl (C=O) groups excluding carboxylic acids is 1. The Kier molecular flexibility index (Phi) is 4.91. The first-order valence-corrected chi connectivity index (χ1v) is 6.04. The molecule has 0 bridgehead atoms. The zero-order chi connectivity index (χ0) is 13.5. The Labute approximate surface area is 109 Å². The minimum Gasteiger partial charge on any atom is -0.462 e. The molecule has 6 heteroatoms. The van der Waals surface area contributed by atoms with Gasteiger partial charge in [-0.25, -0.2) is 4.79 Å². The standard InChI is InChI=1S/C12H11N3O2S/c1-3-17-12(16)9(4-13)6-15-11-10(5-14)8(2)7-18-11/h6-7,15H,3H2,1-2H3/b9-6-. The van der Waals surface area contributed by atoms with Gasteiger partial charge in [-0.2, -0.15) is 10.5 Å². The molecule has 0 radical (unpaired) electrons. The summed E-state index contributed by atoms with van der Waals surface area (Å²) in [6.45, 7) is 3.69. The summed E-state index contributed by atoms with van der Waals surface area (Å²) in [5, 5.41) is 23.0. The zero-order valence-corrected chi connectivity index (χ0v) is 10.8. The van der Waals surface area contributed by atoms with Crippen molar-refractivity contribution in [1.29, 1.82) is 10.5 Å². The number of hydrogen-bond donors (Lipinski definition) is 1. The van der Waals surface area contributed by atoms with Gasteiger partial charge in [0.15, 0.2) is 5.57 Å². The van der Waals surface area contributed by atoms with Gasteiger partial charge in [0.1, 0.15) is 17.1 Å². The van der Waals surface area contributed by atoms with E-state index in [0.717, 1.165) is 5.56 Å². The van der Waals surface area contributed by atoms with Crippen molar-refractivity contribution in [1.82, 2.24) is 0 Å². The number of anilines is 1. The molecule has 1 aromatic heterocycles. The van der Waals surface area contributed by atoms with Crippen LogP contribution in [0, 0.1) is 29.6 Å². The molecule has 1 N–H and O–H groups in total. The van der Waals surface area contributed by atoms with Gasteiger partial charge >= 0.3 is 5.97 Å². The maximum atomic E-state index is 11.3. The topological polar surface area (TPSA) is 85.9 Å². The largest absolute Gasteiger partial charge is 0.462 e. The van der Waals surface area contributed by atoms with Gasteiger partial charge < -0.3 is 10.1 Å². The second-order valence-electron chi connectivity index (χ2n) is 3.27. The van der Waals surface area contributed by atoms with E-state index in [9.17, 15) is 4.79 Å². The average molecular weight is 261 g/mol. The third-order valence-electron chi connectivity index (χ3n) is 2.05. The fourth-order valence-electron chi connectivity index (χ4n) is 1.17. The van der Waals surface area contributed by atoms with Crippen molar-refractivity contribution in [2.45, 2.75) is 13.8 Å². The number of nitrogens with zero attached hydrogens (tertiary/aromatic N) is 2. The molecule has 0 aromatic carbocycles. The zero-order valence-electron chi connectivity index (χ0n) is 9.98. The summed E-state index contributed by atoms with van der Waals surface area (Å²) >= 11 is 1.34. The second-order valence-corrected chi connectivity index (χ2v) is 4.15. The van der Waals surface area contributed by atoms with Crippen LogP contribution in [0.5, 0.6) is 0 Å². The third-order valence-corrected chi connectivity index (χ3v) is 3.08. The van der Waals surface area contributed by atoms with Crippen LogP contribution in [0.4, 0.5) is 5.00 Å². The van der Waals surface area contributed by atoms with Crippen molar-refractivity contribution in [3.8, 4) is 12.1 Å². The monoisotopic (exact) mass is 261 g/mol. The molecule has 1 heterocycles. The molecule has 0 atom stereocenters. The van der Waals surface area contributed by atoms with Gasteiger partial charge in [-0.05, 0) is 24.8 Å². The lowest BCUT2D eigenvalue weighted by atomic mass is 10.2. The molecule has 0 fully saturated rings. The molecule has 0 saturated heterocycles. The van der Waals surface area contributed by atoms with Crippen molar-refractivity contribution in [3.63, 3.8) is 0 Å². The van der Waals surface area contributed by atoms with E-state index in [2.05, 4.69) is 11.4 Å². The molecular formula is C12H11N3O2S. The van der Waals surface area contributed by atoms with Crippen molar-refractivity contribution in [3.05, 3.63) is 28.3 Å². The maximum Gasteiger partial charge on any atom is 0.350 e. The highest BCUT2D eigenvalue weighted by Gasteiger charge is 2.11. The van der Waals surface area contributed by atoms with Crippen LogP contribution in [-0.4, -0.2) is 12.6 Å². The average Bonchev–Trinajstić information content (AvgIpc) is 2.71. The Bertz CT molecular complexity index is 561. The molecule has 1 rings (SSSR count). The fraction of sp³-hybridized carbons (Fsp3) is 0.250. The molecular weight excluding hydrogens is 250 g/mol. The van der Waals surface area contributed by atoms with Crippen LogP contribution >= 0.6 is 11.3 Å². The molecule has 18 heavy (non-hydrogen) atoms. The summed E-state index contributed by atoms with van der Waals surface area (Å²) in [5.74, 6) is -0.681. The van der Waals surface area contributed by atoms with Crippen molar-refractivity contribution in [2.24, 2.45) is 0 Å². The fourth-order valence-corrected chi connectivity index (χ4v) is 2.04. The van der Waals surface area contributed by atoms with Crippen LogP contribution in [0.15, 0.2) is 17.2 Å². The van der Waals surface area contributed by atoms with Crippen molar-refractivity contribution in [2.75, 3.05) is 11.9 Å². The Morgan fingerprint density at radius 2 is 2.33 bits per heavy atom. The van der Waals surface area contributed by atoms with Gasteiger partial charge in [0.05, 0.1) is 12.2 Å². The Morgan fingerprint density at radius 1 is 1.61 bits per heavy atom. The number of rotatable bonds is 4. The van der Waals surface area contributed by atoms with E-state index in [1.165, 1.54) is 17.5 Å². The van der Waals surface area contributed by atoms with Crippen LogP contribution in [0.1, 0.15) is 18.1 Å². The predicted octanol–water partition coefficient (Wildman–Crippen LogP) is 2.31. The highest BCUT2D eigenvalue weighted by atomic mass is 32.1. The number of thiophene rings is 1. The van der Waals surface area contributed by atoms with Crippen LogP contribution in [0.3, 0.4) is 0 Å². The smallest absolute Gasteiger partial charge is 0.350 e. The highest BCUT2D eigenvalue weighted by Crippen LogP contribution is 2.26. The first kappa shape index (κ1) is 13.8. The lowest BCUT2D eigenvalue weighted by Crippen LogP contribution is -2.07. The van der Waals surface area contributed by atoms with E-state index in [4.69, 9.17) is 15.3 Å². The van der Waals surface area contributed by atoms with Crippen LogP contribution in [0.2, 0.25) is 0 Å². The van der Waals surface area contributed by atoms with Crippen LogP contribution in [0.25, 0.3) is 0 Å². The van der Waals surface area contributed by atoms with Gasteiger partial charge in [-0.15, -0.1) is 11.3 Å². The summed E-state index contributed by atoms with van der Waals surface area (Å²) in [6.07, 6.45) is 1.25. The molecule has 5 nitrogen and oxygen atoms in total. The molecule has 0 aliphatic rings. The van der Waals surface area contributed by atoms with Gasteiger partial charge in [-0.3, -0.25) is 0 Å². The number of carbonyl (C=O) groups is 1. The molecule has 0 aliphatic heterocycles. The molecule has 1 aromatic rings. The summed E-state index contributed by atoms with van der Waals surface area (Å²) in [6, 6.07) is 3.81. The van der Waals surface area contributed by atoms with E-state index < -0.39 is 5.97 Å². The SMILES string of the molecule is CCOC(=O)/C(C#N)=C\Nc1scc(C)c1C#N. The van der Waals surface area contributed by atoms with Crippen LogP contribution in [-0.2, 0) is 9.53 Å². The minimum atomic E-state index is -0.681. The number of nitrogens with one attached hydrogen (secondary N) is 1. The van der Waals surface area contributed by atoms with E-state index in [1.807, 2.05) is 12.3 Å². The maximum absolute atomic E-state index is 11.3. The Hall–Kier alpha value is -2.31. The van der Waals surface area contributed by atoms with E-state index in [-0.39, 0.29) is 12.2 Å². The van der Waals surface area contributed by atoms with E-state index >= 15 is 0 Å². The molecule has 0 unspecified atom stereocenters. The first-order valence-electron chi connectivity index (χ1n) is 5.16. The Morgan fingerprint density at radius 3 is 2.89 bits per heavy atom. The number of nitriles is 2. The number of aryl methyl sites for hydroxylation is 1. The molecule has 0 saturated carbocycles. The summed E-state index contributed by atoms with van der Waals surface area (Å²) in [7, 11) is 0. The number of esters is 1. The lowest BCUT2D eigenvalue weighted by molar-refractivity contribution is -0.138. The van der Waals surface area contributed by atoms with Crippen LogP contribution < -0.4 is 5.32 Å². The van der Waals surface area contributed by atoms with Gasteiger partial charge in [0, 0.05) is 6.20 Å². The van der Waals surface area contributed by atoms with Crippen molar-refractivity contribution < 1.29 is 9.53 Å². The number of ether oxygens (including phenoxy) is 1. The minimum absolute atomic E-state index is 0.133. The molecule has 0 amide bonds. The third kappa shape index (κ3) is 3.09. The molecule has 0 spiro atoms. The quantitative estimate of drug-likeness (QED) is 0.510. The molecule has 92 valence electrons. The first-order chi connectivity index (χ1) is 8.63. The normalized spacial score (nSPS) is 10.3. The second kappa shape index (κ2) is 6.43. The molecule has 0 aliphatic carbocycles. The summed E-state index contributed by atoms with van der Waals surface area (Å²) < 4.78 is 4.71. The predicted molar refractivity (Wildman–Crippen MR) is 67.7 cm³/mol. The van der Waals surface area contributed by atoms with E-state index in [0.29, 0.717) is 10.6 Å². The van der Waals surface area contributed by atoms with E-state index in [1.54, 1.807) is 13.0 Å². The van der Waals surface area contributed by atoms with Gasteiger partial charge in [0.25, 0.3) is 0 Å². The summed E-state index contributed by atoms with van der Waals surface area (Å²) in [5.41, 5.74) is 1.23.